The number of halogens is 2. The number of rotatable bonds is 7. The van der Waals surface area contributed by atoms with Gasteiger partial charge in [-0.3, -0.25) is 4.79 Å². The van der Waals surface area contributed by atoms with Gasteiger partial charge in [-0.15, -0.1) is 0 Å². The number of carbonyl (C=O) groups excluding carboxylic acids is 1. The van der Waals surface area contributed by atoms with Gasteiger partial charge < -0.3 is 4.90 Å². The lowest BCUT2D eigenvalue weighted by atomic mass is 9.89. The summed E-state index contributed by atoms with van der Waals surface area (Å²) in [5, 5.41) is 0. The average molecular weight is 449 g/mol. The smallest absolute Gasteiger partial charge is 0.229 e. The highest BCUT2D eigenvalue weighted by atomic mass is 32.2. The first-order chi connectivity index (χ1) is 14.7. The van der Waals surface area contributed by atoms with Gasteiger partial charge in [0.15, 0.2) is 0 Å². The van der Waals surface area contributed by atoms with Crippen LogP contribution in [0.5, 0.6) is 0 Å². The molecule has 0 unspecified atom stereocenters. The van der Waals surface area contributed by atoms with Crippen LogP contribution in [-0.4, -0.2) is 44.1 Å². The van der Waals surface area contributed by atoms with Gasteiger partial charge in [-0.25, -0.2) is 21.9 Å². The van der Waals surface area contributed by atoms with Crippen LogP contribution in [0.1, 0.15) is 25.8 Å². The lowest BCUT2D eigenvalue weighted by molar-refractivity contribution is -0.145. The number of alkyl halides is 1. The van der Waals surface area contributed by atoms with E-state index >= 15 is 4.39 Å². The van der Waals surface area contributed by atoms with Crippen molar-refractivity contribution in [2.45, 2.75) is 32.0 Å². The first-order valence-electron chi connectivity index (χ1n) is 10.5. The minimum atomic E-state index is -3.37. The normalized spacial score (nSPS) is 27.6. The zero-order valence-electron chi connectivity index (χ0n) is 17.5. The molecule has 1 N–H and O–H groups in total. The fraction of sp³-hybridized carbons (Fsp3) is 0.435. The maximum Gasteiger partial charge on any atom is 0.229 e. The highest BCUT2D eigenvalue weighted by Crippen LogP contribution is 2.59. The predicted octanol–water partition coefficient (Wildman–Crippen LogP) is 3.46. The molecule has 1 aliphatic carbocycles. The summed E-state index contributed by atoms with van der Waals surface area (Å²) in [6.45, 7) is 4.09. The van der Waals surface area contributed by atoms with Gasteiger partial charge in [-0.2, -0.15) is 0 Å². The van der Waals surface area contributed by atoms with Gasteiger partial charge in [0.25, 0.3) is 0 Å². The van der Waals surface area contributed by atoms with Crippen LogP contribution in [-0.2, 0) is 20.5 Å². The van der Waals surface area contributed by atoms with Gasteiger partial charge in [-0.05, 0) is 30.0 Å². The number of hydrogen-bond acceptors (Lipinski definition) is 3. The molecule has 1 heterocycles. The van der Waals surface area contributed by atoms with Crippen LogP contribution in [0.2, 0.25) is 0 Å². The molecular formula is C23H26F2N2O3S. The molecule has 1 amide bonds. The Hall–Kier alpha value is -2.32. The number of nitrogens with one attached hydrogen (secondary N) is 1. The van der Waals surface area contributed by atoms with Crippen molar-refractivity contribution in [3.8, 4) is 11.1 Å². The summed E-state index contributed by atoms with van der Waals surface area (Å²) in [6.07, 6.45) is 0.0373. The van der Waals surface area contributed by atoms with Crippen LogP contribution in [0.4, 0.5) is 8.78 Å². The summed E-state index contributed by atoms with van der Waals surface area (Å²) in [7, 11) is -3.37. The molecule has 2 aliphatic rings. The minimum absolute atomic E-state index is 0.0366. The van der Waals surface area contributed by atoms with E-state index in [0.717, 1.165) is 0 Å². The molecule has 0 radical (unpaired) electrons. The molecule has 4 atom stereocenters. The first-order valence-corrected chi connectivity index (χ1v) is 12.1. The van der Waals surface area contributed by atoms with E-state index in [4.69, 9.17) is 0 Å². The van der Waals surface area contributed by atoms with Crippen LogP contribution in [0.3, 0.4) is 0 Å². The predicted molar refractivity (Wildman–Crippen MR) is 115 cm³/mol. The maximum atomic E-state index is 15.9. The Morgan fingerprint density at radius 2 is 1.81 bits per heavy atom. The number of nitrogens with zero attached hydrogens (tertiary/aromatic N) is 1. The molecule has 1 aliphatic heterocycles. The lowest BCUT2D eigenvalue weighted by Crippen LogP contribution is -2.62. The standard InChI is InChI=1S/C23H26F2N2O3S/c1-3-31(29,30)26-13-21-15(2)14-27(21)22(28)19-12-23(19,25)18-10-6-4-8-16(18)17-9-5-7-11-20(17)24/h4-11,15,19,21,26H,3,12-14H2,1-2H3/t15-,19-,21-,23+/m1/s1. The minimum Gasteiger partial charge on any atom is -0.337 e. The third-order valence-electron chi connectivity index (χ3n) is 6.45. The van der Waals surface area contributed by atoms with Gasteiger partial charge in [0, 0.05) is 31.1 Å². The molecule has 4 rings (SSSR count). The molecule has 1 saturated heterocycles. The molecule has 31 heavy (non-hydrogen) atoms. The highest BCUT2D eigenvalue weighted by Gasteiger charge is 2.63. The molecule has 0 aromatic heterocycles. The van der Waals surface area contributed by atoms with Crippen molar-refractivity contribution >= 4 is 15.9 Å². The third-order valence-corrected chi connectivity index (χ3v) is 7.81. The second-order valence-electron chi connectivity index (χ2n) is 8.43. The van der Waals surface area contributed by atoms with Crippen LogP contribution in [0.25, 0.3) is 11.1 Å². The Bertz CT molecular complexity index is 1110. The SMILES string of the molecule is CCS(=O)(=O)NC[C@@H]1[C@H](C)CN1C(=O)[C@H]1C[C@]1(F)c1ccccc1-c1ccccc1F. The molecule has 1 saturated carbocycles. The van der Waals surface area contributed by atoms with E-state index in [2.05, 4.69) is 4.72 Å². The lowest BCUT2D eigenvalue weighted by Gasteiger charge is -2.47. The van der Waals surface area contributed by atoms with Crippen molar-refractivity contribution in [2.24, 2.45) is 11.8 Å². The summed E-state index contributed by atoms with van der Waals surface area (Å²) in [5.41, 5.74) is -0.794. The molecule has 2 fully saturated rings. The first kappa shape index (κ1) is 21.9. The van der Waals surface area contributed by atoms with E-state index in [0.29, 0.717) is 23.2 Å². The van der Waals surface area contributed by atoms with E-state index in [9.17, 15) is 17.6 Å². The molecule has 166 valence electrons. The summed E-state index contributed by atoms with van der Waals surface area (Å²) in [6, 6.07) is 12.6. The molecule has 5 nitrogen and oxygen atoms in total. The topological polar surface area (TPSA) is 66.5 Å². The van der Waals surface area contributed by atoms with Crippen molar-refractivity contribution in [1.82, 2.24) is 9.62 Å². The van der Waals surface area contributed by atoms with E-state index in [-0.39, 0.29) is 36.6 Å². The number of benzene rings is 2. The summed E-state index contributed by atoms with van der Waals surface area (Å²) < 4.78 is 56.3. The molecular weight excluding hydrogens is 422 g/mol. The number of sulfonamides is 1. The zero-order valence-corrected chi connectivity index (χ0v) is 18.3. The van der Waals surface area contributed by atoms with Gasteiger partial charge in [0.2, 0.25) is 15.9 Å². The summed E-state index contributed by atoms with van der Waals surface area (Å²) in [5.74, 6) is -1.52. The van der Waals surface area contributed by atoms with E-state index in [1.807, 2.05) is 6.92 Å². The maximum absolute atomic E-state index is 15.9. The number of amides is 1. The van der Waals surface area contributed by atoms with Crippen molar-refractivity contribution in [2.75, 3.05) is 18.8 Å². The van der Waals surface area contributed by atoms with Crippen molar-refractivity contribution in [1.29, 1.82) is 0 Å². The zero-order chi connectivity index (χ0) is 22.4. The largest absolute Gasteiger partial charge is 0.337 e. The molecule has 0 spiro atoms. The van der Waals surface area contributed by atoms with Gasteiger partial charge in [0.05, 0.1) is 11.7 Å². The fourth-order valence-electron chi connectivity index (χ4n) is 4.39. The van der Waals surface area contributed by atoms with E-state index < -0.39 is 27.4 Å². The Morgan fingerprint density at radius 1 is 1.16 bits per heavy atom. The Balaban J connectivity index is 1.53. The van der Waals surface area contributed by atoms with Crippen molar-refractivity contribution in [3.05, 3.63) is 59.9 Å². The van der Waals surface area contributed by atoms with Crippen LogP contribution >= 0.6 is 0 Å². The second kappa shape index (κ2) is 7.98. The van der Waals surface area contributed by atoms with E-state index in [1.165, 1.54) is 6.07 Å². The monoisotopic (exact) mass is 448 g/mol. The third kappa shape index (κ3) is 3.99. The van der Waals surface area contributed by atoms with Crippen molar-refractivity contribution < 1.29 is 22.0 Å². The van der Waals surface area contributed by atoms with Gasteiger partial charge in [0.1, 0.15) is 11.5 Å². The van der Waals surface area contributed by atoms with Gasteiger partial charge in [-0.1, -0.05) is 49.4 Å². The van der Waals surface area contributed by atoms with Crippen LogP contribution in [0.15, 0.2) is 48.5 Å². The Labute approximate surface area is 181 Å². The second-order valence-corrected chi connectivity index (χ2v) is 10.5. The van der Waals surface area contributed by atoms with Crippen LogP contribution < -0.4 is 4.72 Å². The fourth-order valence-corrected chi connectivity index (χ4v) is 5.02. The quantitative estimate of drug-likeness (QED) is 0.706. The Kier molecular flexibility index (Phi) is 5.64. The summed E-state index contributed by atoms with van der Waals surface area (Å²) in [4.78, 5) is 14.6. The number of hydrogen-bond donors (Lipinski definition) is 1. The molecule has 0 bridgehead atoms. The number of likely N-dealkylation sites (tertiary alicyclic amines) is 1. The number of carbonyl (C=O) groups is 1. The molecule has 2 aromatic rings. The Morgan fingerprint density at radius 3 is 2.45 bits per heavy atom. The highest BCUT2D eigenvalue weighted by molar-refractivity contribution is 7.89. The molecule has 8 heteroatoms. The van der Waals surface area contributed by atoms with Crippen LogP contribution in [0, 0.1) is 17.7 Å². The van der Waals surface area contributed by atoms with E-state index in [1.54, 1.807) is 54.3 Å². The molecule has 2 aromatic carbocycles. The van der Waals surface area contributed by atoms with Crippen molar-refractivity contribution in [3.63, 3.8) is 0 Å². The average Bonchev–Trinajstić information content (AvgIpc) is 3.44. The van der Waals surface area contributed by atoms with Gasteiger partial charge >= 0.3 is 0 Å². The summed E-state index contributed by atoms with van der Waals surface area (Å²) >= 11 is 0.